The molecule has 1 atom stereocenters. The zero-order chi connectivity index (χ0) is 24.0. The van der Waals surface area contributed by atoms with Gasteiger partial charge in [-0.05, 0) is 36.8 Å². The van der Waals surface area contributed by atoms with Crippen LogP contribution in [0.4, 0.5) is 19.3 Å². The average molecular weight is 468 g/mol. The molecule has 0 bridgehead atoms. The number of fused-ring (bicyclic) bond motifs is 1. The van der Waals surface area contributed by atoms with Crippen LogP contribution in [0.15, 0.2) is 42.6 Å². The minimum atomic E-state index is -1.04. The van der Waals surface area contributed by atoms with E-state index in [-0.39, 0.29) is 55.5 Å². The summed E-state index contributed by atoms with van der Waals surface area (Å²) >= 11 is 0. The highest BCUT2D eigenvalue weighted by Gasteiger charge is 2.29. The Morgan fingerprint density at radius 2 is 2.03 bits per heavy atom. The number of hydrogen-bond donors (Lipinski definition) is 1. The van der Waals surface area contributed by atoms with Crippen molar-refractivity contribution in [3.8, 4) is 11.3 Å². The number of nitrogens with zero attached hydrogens (tertiary/aromatic N) is 4. The number of pyridine rings is 1. The molecular weight excluding hydrogens is 446 g/mol. The zero-order valence-corrected chi connectivity index (χ0v) is 18.4. The number of anilines is 1. The molecule has 2 aromatic heterocycles. The summed E-state index contributed by atoms with van der Waals surface area (Å²) in [5.74, 6) is -2.02. The van der Waals surface area contributed by atoms with Gasteiger partial charge >= 0.3 is 6.09 Å². The second kappa shape index (κ2) is 8.53. The van der Waals surface area contributed by atoms with Gasteiger partial charge in [-0.1, -0.05) is 6.08 Å². The van der Waals surface area contributed by atoms with Gasteiger partial charge in [0.2, 0.25) is 0 Å². The van der Waals surface area contributed by atoms with Crippen LogP contribution in [0.25, 0.3) is 16.9 Å². The standard InChI is InChI=1S/C24H22F2N4O4/c1-14-4-6-30-19(12-16-13-28(24(32)33)7-8-34-16)23(27-20(30)9-14)22-17(25)10-15(11-18(22)26)29-5-2-3-21(29)31/h2-4,6,9-11,16H,5,7-8,12-13H2,1H3,(H,32,33)/t16-/m0/s1. The number of benzene rings is 1. The molecule has 34 heavy (non-hydrogen) atoms. The summed E-state index contributed by atoms with van der Waals surface area (Å²) in [4.78, 5) is 30.5. The molecule has 0 spiro atoms. The number of carbonyl (C=O) groups excluding carboxylic acids is 1. The molecule has 10 heteroatoms. The lowest BCUT2D eigenvalue weighted by Crippen LogP contribution is -2.45. The molecule has 0 saturated carbocycles. The first-order valence-electron chi connectivity index (χ1n) is 10.9. The minimum absolute atomic E-state index is 0.120. The van der Waals surface area contributed by atoms with Gasteiger partial charge in [0.05, 0.1) is 41.9 Å². The Hall–Kier alpha value is -3.79. The fourth-order valence-corrected chi connectivity index (χ4v) is 4.44. The van der Waals surface area contributed by atoms with Crippen molar-refractivity contribution in [2.45, 2.75) is 19.4 Å². The molecule has 2 aliphatic rings. The Balaban J connectivity index is 1.58. The molecule has 4 heterocycles. The van der Waals surface area contributed by atoms with Crippen molar-refractivity contribution < 1.29 is 28.2 Å². The third kappa shape index (κ3) is 3.90. The van der Waals surface area contributed by atoms with Gasteiger partial charge < -0.3 is 24.0 Å². The van der Waals surface area contributed by atoms with E-state index in [0.717, 1.165) is 17.7 Å². The highest BCUT2D eigenvalue weighted by molar-refractivity contribution is 6.04. The maximum Gasteiger partial charge on any atom is 0.407 e. The molecule has 0 radical (unpaired) electrons. The lowest BCUT2D eigenvalue weighted by Gasteiger charge is -2.31. The number of ether oxygens (including phenoxy) is 1. The number of imidazole rings is 1. The van der Waals surface area contributed by atoms with E-state index in [9.17, 15) is 14.7 Å². The molecule has 8 nitrogen and oxygen atoms in total. The van der Waals surface area contributed by atoms with Crippen LogP contribution < -0.4 is 4.90 Å². The highest BCUT2D eigenvalue weighted by Crippen LogP contribution is 2.34. The van der Waals surface area contributed by atoms with Crippen molar-refractivity contribution in [2.75, 3.05) is 31.1 Å². The molecule has 1 aromatic carbocycles. The Kier molecular flexibility index (Phi) is 5.52. The number of aromatic nitrogens is 2. The molecule has 176 valence electrons. The molecule has 2 aliphatic heterocycles. The SMILES string of the molecule is Cc1ccn2c(C[C@H]3CN(C(=O)O)CCO3)c(-c3c(F)cc(N4CC=CC4=O)cc3F)nc2c1. The lowest BCUT2D eigenvalue weighted by molar-refractivity contribution is -0.113. The summed E-state index contributed by atoms with van der Waals surface area (Å²) in [6.45, 7) is 2.77. The number of carbonyl (C=O) groups is 2. The summed E-state index contributed by atoms with van der Waals surface area (Å²) in [5.41, 5.74) is 1.90. The number of hydrogen-bond acceptors (Lipinski definition) is 4. The third-order valence-electron chi connectivity index (χ3n) is 6.10. The van der Waals surface area contributed by atoms with Crippen LogP contribution in [-0.4, -0.2) is 63.7 Å². The van der Waals surface area contributed by atoms with Gasteiger partial charge in [0.25, 0.3) is 5.91 Å². The fourth-order valence-electron chi connectivity index (χ4n) is 4.44. The predicted octanol–water partition coefficient (Wildman–Crippen LogP) is 3.41. The summed E-state index contributed by atoms with van der Waals surface area (Å²) in [6.07, 6.45) is 3.42. The molecule has 0 aliphatic carbocycles. The second-order valence-corrected chi connectivity index (χ2v) is 8.40. The van der Waals surface area contributed by atoms with E-state index < -0.39 is 23.8 Å². The predicted molar refractivity (Wildman–Crippen MR) is 120 cm³/mol. The van der Waals surface area contributed by atoms with Crippen molar-refractivity contribution in [1.29, 1.82) is 0 Å². The topological polar surface area (TPSA) is 87.4 Å². The van der Waals surface area contributed by atoms with Crippen molar-refractivity contribution in [3.63, 3.8) is 0 Å². The van der Waals surface area contributed by atoms with Crippen LogP contribution in [0.5, 0.6) is 0 Å². The van der Waals surface area contributed by atoms with E-state index in [4.69, 9.17) is 4.74 Å². The van der Waals surface area contributed by atoms with Crippen LogP contribution >= 0.6 is 0 Å². The first-order chi connectivity index (χ1) is 16.3. The van der Waals surface area contributed by atoms with Gasteiger partial charge in [-0.25, -0.2) is 18.6 Å². The van der Waals surface area contributed by atoms with Gasteiger partial charge in [-0.2, -0.15) is 0 Å². The van der Waals surface area contributed by atoms with E-state index >= 15 is 8.78 Å². The molecule has 2 amide bonds. The third-order valence-corrected chi connectivity index (χ3v) is 6.10. The Morgan fingerprint density at radius 3 is 2.71 bits per heavy atom. The molecule has 1 fully saturated rings. The summed E-state index contributed by atoms with van der Waals surface area (Å²) in [5, 5.41) is 9.35. The van der Waals surface area contributed by atoms with E-state index in [1.54, 1.807) is 22.7 Å². The quantitative estimate of drug-likeness (QED) is 0.634. The largest absolute Gasteiger partial charge is 0.465 e. The van der Waals surface area contributed by atoms with Gasteiger partial charge in [0.1, 0.15) is 17.3 Å². The van der Waals surface area contributed by atoms with E-state index in [2.05, 4.69) is 4.98 Å². The number of carboxylic acid groups (broad SMARTS) is 1. The van der Waals surface area contributed by atoms with Gasteiger partial charge in [0.15, 0.2) is 0 Å². The minimum Gasteiger partial charge on any atom is -0.465 e. The number of aryl methyl sites for hydroxylation is 1. The molecule has 0 unspecified atom stereocenters. The van der Waals surface area contributed by atoms with Gasteiger partial charge in [-0.3, -0.25) is 4.79 Å². The van der Waals surface area contributed by atoms with Gasteiger partial charge in [-0.15, -0.1) is 0 Å². The first-order valence-corrected chi connectivity index (χ1v) is 10.9. The summed E-state index contributed by atoms with van der Waals surface area (Å²) in [7, 11) is 0. The van der Waals surface area contributed by atoms with E-state index in [0.29, 0.717) is 11.3 Å². The van der Waals surface area contributed by atoms with Crippen LogP contribution in [-0.2, 0) is 16.0 Å². The number of amides is 2. The summed E-state index contributed by atoms with van der Waals surface area (Å²) in [6, 6.07) is 5.92. The van der Waals surface area contributed by atoms with Crippen LogP contribution in [0, 0.1) is 18.6 Å². The maximum atomic E-state index is 15.3. The normalized spacial score (nSPS) is 18.3. The molecule has 1 saturated heterocycles. The summed E-state index contributed by atoms with van der Waals surface area (Å²) < 4.78 is 38.2. The number of morpholine rings is 1. The van der Waals surface area contributed by atoms with Gasteiger partial charge in [0, 0.05) is 31.8 Å². The van der Waals surface area contributed by atoms with Crippen LogP contribution in [0.3, 0.4) is 0 Å². The smallest absolute Gasteiger partial charge is 0.407 e. The zero-order valence-electron chi connectivity index (χ0n) is 18.4. The van der Waals surface area contributed by atoms with Crippen molar-refractivity contribution in [1.82, 2.24) is 14.3 Å². The molecular formula is C24H22F2N4O4. The van der Waals surface area contributed by atoms with Crippen LogP contribution in [0.1, 0.15) is 11.3 Å². The lowest BCUT2D eigenvalue weighted by atomic mass is 10.0. The number of rotatable bonds is 4. The van der Waals surface area contributed by atoms with Crippen LogP contribution in [0.2, 0.25) is 0 Å². The second-order valence-electron chi connectivity index (χ2n) is 8.40. The van der Waals surface area contributed by atoms with Crippen molar-refractivity contribution in [2.24, 2.45) is 0 Å². The van der Waals surface area contributed by atoms with Crippen molar-refractivity contribution >= 4 is 23.3 Å². The average Bonchev–Trinajstić information content (AvgIpc) is 3.37. The molecule has 3 aromatic rings. The fraction of sp³-hybridized carbons (Fsp3) is 0.292. The number of halogens is 2. The Bertz CT molecular complexity index is 1310. The van der Waals surface area contributed by atoms with E-state index in [1.165, 1.54) is 15.9 Å². The molecule has 5 rings (SSSR count). The Labute approximate surface area is 193 Å². The first kappa shape index (κ1) is 22.0. The van der Waals surface area contributed by atoms with Crippen molar-refractivity contribution in [3.05, 3.63) is 65.5 Å². The van der Waals surface area contributed by atoms with E-state index in [1.807, 2.05) is 13.0 Å². The highest BCUT2D eigenvalue weighted by atomic mass is 19.1. The molecule has 1 N–H and O–H groups in total. The maximum absolute atomic E-state index is 15.3. The Morgan fingerprint density at radius 1 is 1.26 bits per heavy atom. The monoisotopic (exact) mass is 468 g/mol.